The molecule has 0 spiro atoms. The molecule has 0 atom stereocenters. The lowest BCUT2D eigenvalue weighted by Crippen LogP contribution is -1.97. The third-order valence-electron chi connectivity index (χ3n) is 3.50. The van der Waals surface area contributed by atoms with Crippen molar-refractivity contribution in [2.75, 3.05) is 0 Å². The predicted molar refractivity (Wildman–Crippen MR) is 94.6 cm³/mol. The number of hydrogen-bond acceptors (Lipinski definition) is 7. The molecule has 25 heavy (non-hydrogen) atoms. The highest BCUT2D eigenvalue weighted by atomic mass is 35.5. The lowest BCUT2D eigenvalue weighted by atomic mass is 10.2. The molecule has 4 rings (SSSR count). The molecule has 0 aliphatic carbocycles. The van der Waals surface area contributed by atoms with Gasteiger partial charge in [0.25, 0.3) is 11.7 Å². The van der Waals surface area contributed by atoms with Gasteiger partial charge in [-0.05, 0) is 32.0 Å². The van der Waals surface area contributed by atoms with Gasteiger partial charge < -0.3 is 4.52 Å². The molecule has 126 valence electrons. The number of aryl methyl sites for hydroxylation is 2. The average Bonchev–Trinajstić information content (AvgIpc) is 3.20. The van der Waals surface area contributed by atoms with Gasteiger partial charge in [0.05, 0.1) is 16.3 Å². The van der Waals surface area contributed by atoms with E-state index in [4.69, 9.17) is 16.1 Å². The van der Waals surface area contributed by atoms with Crippen molar-refractivity contribution >= 4 is 29.1 Å². The fraction of sp³-hybridized carbons (Fsp3) is 0.188. The summed E-state index contributed by atoms with van der Waals surface area (Å²) >= 11 is 7.58. The Labute approximate surface area is 152 Å². The normalized spacial score (nSPS) is 11.3. The third-order valence-corrected chi connectivity index (χ3v) is 4.66. The van der Waals surface area contributed by atoms with Crippen molar-refractivity contribution < 1.29 is 4.52 Å². The Morgan fingerprint density at radius 3 is 2.84 bits per heavy atom. The Morgan fingerprint density at radius 1 is 1.16 bits per heavy atom. The standard InChI is InChI=1S/C16H13ClN6OS/c1-9-7-10(2)23-15(18-9)20-16(21-23)25-8-13-19-14(24-22-13)11-5-3-4-6-12(11)17/h3-7H,8H2,1-2H3. The monoisotopic (exact) mass is 372 g/mol. The largest absolute Gasteiger partial charge is 0.334 e. The summed E-state index contributed by atoms with van der Waals surface area (Å²) in [6, 6.07) is 9.31. The lowest BCUT2D eigenvalue weighted by Gasteiger charge is -1.97. The van der Waals surface area contributed by atoms with Gasteiger partial charge in [-0.2, -0.15) is 9.97 Å². The molecule has 7 nitrogen and oxygen atoms in total. The maximum atomic E-state index is 6.15. The quantitative estimate of drug-likeness (QED) is 0.504. The van der Waals surface area contributed by atoms with Crippen LogP contribution in [0.4, 0.5) is 0 Å². The predicted octanol–water partition coefficient (Wildman–Crippen LogP) is 3.74. The van der Waals surface area contributed by atoms with Crippen molar-refractivity contribution in [3.63, 3.8) is 0 Å². The highest BCUT2D eigenvalue weighted by molar-refractivity contribution is 7.98. The van der Waals surface area contributed by atoms with Gasteiger partial charge in [-0.25, -0.2) is 9.50 Å². The van der Waals surface area contributed by atoms with E-state index >= 15 is 0 Å². The van der Waals surface area contributed by atoms with Gasteiger partial charge in [0.1, 0.15) is 0 Å². The molecule has 0 saturated carbocycles. The van der Waals surface area contributed by atoms with Crippen LogP contribution in [0, 0.1) is 13.8 Å². The van der Waals surface area contributed by atoms with Crippen molar-refractivity contribution in [1.82, 2.24) is 29.7 Å². The van der Waals surface area contributed by atoms with E-state index in [1.54, 1.807) is 10.6 Å². The fourth-order valence-corrected chi connectivity index (χ4v) is 3.27. The minimum absolute atomic E-state index is 0.400. The van der Waals surface area contributed by atoms with Crippen LogP contribution in [-0.4, -0.2) is 29.7 Å². The molecule has 0 radical (unpaired) electrons. The molecule has 0 fully saturated rings. The average molecular weight is 373 g/mol. The van der Waals surface area contributed by atoms with E-state index in [9.17, 15) is 0 Å². The summed E-state index contributed by atoms with van der Waals surface area (Å²) in [4.78, 5) is 13.2. The lowest BCUT2D eigenvalue weighted by molar-refractivity contribution is 0.425. The van der Waals surface area contributed by atoms with Crippen LogP contribution in [0.3, 0.4) is 0 Å². The second-order valence-corrected chi connectivity index (χ2v) is 6.78. The number of hydrogen-bond donors (Lipinski definition) is 0. The molecule has 0 N–H and O–H groups in total. The zero-order valence-corrected chi connectivity index (χ0v) is 15.0. The minimum atomic E-state index is 0.400. The van der Waals surface area contributed by atoms with E-state index in [0.717, 1.165) is 11.4 Å². The van der Waals surface area contributed by atoms with Gasteiger partial charge >= 0.3 is 0 Å². The van der Waals surface area contributed by atoms with Crippen LogP contribution in [-0.2, 0) is 5.75 Å². The number of thioether (sulfide) groups is 1. The summed E-state index contributed by atoms with van der Waals surface area (Å²) in [6.07, 6.45) is 0. The van der Waals surface area contributed by atoms with E-state index in [-0.39, 0.29) is 0 Å². The molecule has 0 aliphatic rings. The Morgan fingerprint density at radius 2 is 2.00 bits per heavy atom. The second-order valence-electron chi connectivity index (χ2n) is 5.43. The molecule has 4 aromatic rings. The number of fused-ring (bicyclic) bond motifs is 1. The summed E-state index contributed by atoms with van der Waals surface area (Å²) in [7, 11) is 0. The van der Waals surface area contributed by atoms with E-state index in [2.05, 4.69) is 25.2 Å². The van der Waals surface area contributed by atoms with E-state index in [1.807, 2.05) is 38.1 Å². The van der Waals surface area contributed by atoms with E-state index in [1.165, 1.54) is 11.8 Å². The van der Waals surface area contributed by atoms with Gasteiger partial charge in [0, 0.05) is 11.4 Å². The van der Waals surface area contributed by atoms with Crippen LogP contribution in [0.2, 0.25) is 5.02 Å². The summed E-state index contributed by atoms with van der Waals surface area (Å²) < 4.78 is 7.02. The van der Waals surface area contributed by atoms with Crippen LogP contribution in [0.5, 0.6) is 0 Å². The van der Waals surface area contributed by atoms with Crippen molar-refractivity contribution in [2.24, 2.45) is 0 Å². The highest BCUT2D eigenvalue weighted by Gasteiger charge is 2.14. The van der Waals surface area contributed by atoms with Crippen LogP contribution in [0.1, 0.15) is 17.2 Å². The van der Waals surface area contributed by atoms with E-state index < -0.39 is 0 Å². The molecule has 0 aliphatic heterocycles. The Kier molecular flexibility index (Phi) is 4.14. The van der Waals surface area contributed by atoms with E-state index in [0.29, 0.717) is 39.0 Å². The van der Waals surface area contributed by atoms with Crippen molar-refractivity contribution in [2.45, 2.75) is 24.8 Å². The maximum Gasteiger partial charge on any atom is 0.259 e. The SMILES string of the molecule is Cc1cc(C)n2nc(SCc3noc(-c4ccccc4Cl)n3)nc2n1. The first-order chi connectivity index (χ1) is 12.1. The van der Waals surface area contributed by atoms with Crippen LogP contribution in [0.15, 0.2) is 40.0 Å². The topological polar surface area (TPSA) is 82.0 Å². The summed E-state index contributed by atoms with van der Waals surface area (Å²) in [6.45, 7) is 3.91. The molecule has 0 amide bonds. The third kappa shape index (κ3) is 3.22. The highest BCUT2D eigenvalue weighted by Crippen LogP contribution is 2.27. The Hall–Kier alpha value is -2.45. The molecule has 0 bridgehead atoms. The number of rotatable bonds is 4. The molecule has 0 unspecified atom stereocenters. The number of aromatic nitrogens is 6. The molecule has 3 heterocycles. The first-order valence-electron chi connectivity index (χ1n) is 7.51. The van der Waals surface area contributed by atoms with Gasteiger partial charge in [-0.3, -0.25) is 0 Å². The first-order valence-corrected chi connectivity index (χ1v) is 8.88. The zero-order chi connectivity index (χ0) is 17.4. The summed E-state index contributed by atoms with van der Waals surface area (Å²) in [5, 5.41) is 9.63. The van der Waals surface area contributed by atoms with Gasteiger partial charge in [-0.1, -0.05) is 40.7 Å². The minimum Gasteiger partial charge on any atom is -0.334 e. The molecule has 3 aromatic heterocycles. The molecular formula is C16H13ClN6OS. The number of nitrogens with zero attached hydrogens (tertiary/aromatic N) is 6. The molecular weight excluding hydrogens is 360 g/mol. The number of benzene rings is 1. The molecule has 0 saturated heterocycles. The Bertz CT molecular complexity index is 1060. The Balaban J connectivity index is 1.52. The van der Waals surface area contributed by atoms with Crippen molar-refractivity contribution in [3.05, 3.63) is 52.6 Å². The molecule has 1 aromatic carbocycles. The van der Waals surface area contributed by atoms with Crippen LogP contribution >= 0.6 is 23.4 Å². The second kappa shape index (κ2) is 6.45. The van der Waals surface area contributed by atoms with Gasteiger partial charge in [0.15, 0.2) is 5.82 Å². The smallest absolute Gasteiger partial charge is 0.259 e. The first kappa shape index (κ1) is 16.0. The van der Waals surface area contributed by atoms with Gasteiger partial charge in [-0.15, -0.1) is 5.10 Å². The maximum absolute atomic E-state index is 6.15. The van der Waals surface area contributed by atoms with Crippen LogP contribution < -0.4 is 0 Å². The van der Waals surface area contributed by atoms with Crippen molar-refractivity contribution in [3.8, 4) is 11.5 Å². The number of halogens is 1. The van der Waals surface area contributed by atoms with Crippen molar-refractivity contribution in [1.29, 1.82) is 0 Å². The summed E-state index contributed by atoms with van der Waals surface area (Å²) in [5.74, 6) is 2.03. The van der Waals surface area contributed by atoms with Gasteiger partial charge in [0.2, 0.25) is 5.16 Å². The fourth-order valence-electron chi connectivity index (χ4n) is 2.39. The zero-order valence-electron chi connectivity index (χ0n) is 13.5. The molecule has 9 heteroatoms. The van der Waals surface area contributed by atoms with Crippen LogP contribution in [0.25, 0.3) is 17.2 Å². The summed E-state index contributed by atoms with van der Waals surface area (Å²) in [5.41, 5.74) is 2.62.